The summed E-state index contributed by atoms with van der Waals surface area (Å²) in [6, 6.07) is 0. The Balaban J connectivity index is 2.26. The summed E-state index contributed by atoms with van der Waals surface area (Å²) in [5, 5.41) is 9.49. The molecule has 100 valence electrons. The summed E-state index contributed by atoms with van der Waals surface area (Å²) in [5.41, 5.74) is 2.37. The standard InChI is InChI=1S/C13H22N4O/c1-4-17-6-5-12-11(8-17)13(15-9-14-12)16(3)7-10(2)18/h9-10,18H,4-8H2,1-3H3/t10-/m1/s1. The van der Waals surface area contributed by atoms with Crippen molar-refractivity contribution in [3.05, 3.63) is 17.6 Å². The van der Waals surface area contributed by atoms with Gasteiger partial charge in [-0.25, -0.2) is 9.97 Å². The van der Waals surface area contributed by atoms with Gasteiger partial charge in [0.05, 0.1) is 11.8 Å². The van der Waals surface area contributed by atoms with Gasteiger partial charge in [0.15, 0.2) is 0 Å². The zero-order chi connectivity index (χ0) is 13.1. The minimum atomic E-state index is -0.355. The number of fused-ring (bicyclic) bond motifs is 1. The molecule has 0 aliphatic carbocycles. The summed E-state index contributed by atoms with van der Waals surface area (Å²) >= 11 is 0. The molecule has 0 fully saturated rings. The molecule has 2 rings (SSSR count). The monoisotopic (exact) mass is 250 g/mol. The third-order valence-corrected chi connectivity index (χ3v) is 3.41. The molecule has 1 atom stereocenters. The van der Waals surface area contributed by atoms with Crippen LogP contribution in [0.5, 0.6) is 0 Å². The molecular formula is C13H22N4O. The molecule has 1 aromatic heterocycles. The first-order chi connectivity index (χ1) is 8.61. The molecule has 0 amide bonds. The lowest BCUT2D eigenvalue weighted by atomic mass is 10.1. The van der Waals surface area contributed by atoms with Gasteiger partial charge in [0.1, 0.15) is 12.1 Å². The van der Waals surface area contributed by atoms with Crippen molar-refractivity contribution in [2.75, 3.05) is 31.6 Å². The van der Waals surface area contributed by atoms with E-state index >= 15 is 0 Å². The van der Waals surface area contributed by atoms with Crippen molar-refractivity contribution in [2.45, 2.75) is 32.9 Å². The van der Waals surface area contributed by atoms with Crippen molar-refractivity contribution in [2.24, 2.45) is 0 Å². The number of aliphatic hydroxyl groups excluding tert-OH is 1. The van der Waals surface area contributed by atoms with Gasteiger partial charge in [-0.1, -0.05) is 6.92 Å². The summed E-state index contributed by atoms with van der Waals surface area (Å²) in [6.45, 7) is 7.59. The highest BCUT2D eigenvalue weighted by Crippen LogP contribution is 2.24. The number of hydrogen-bond donors (Lipinski definition) is 1. The fourth-order valence-electron chi connectivity index (χ4n) is 2.46. The fourth-order valence-corrected chi connectivity index (χ4v) is 2.46. The Morgan fingerprint density at radius 1 is 1.50 bits per heavy atom. The van der Waals surface area contributed by atoms with Gasteiger partial charge in [0.25, 0.3) is 0 Å². The van der Waals surface area contributed by atoms with E-state index in [0.717, 1.165) is 37.6 Å². The van der Waals surface area contributed by atoms with Crippen LogP contribution in [0.4, 0.5) is 5.82 Å². The molecule has 0 aromatic carbocycles. The Bertz CT molecular complexity index is 408. The zero-order valence-corrected chi connectivity index (χ0v) is 11.4. The second kappa shape index (κ2) is 5.63. The van der Waals surface area contributed by atoms with Crippen LogP contribution in [0.3, 0.4) is 0 Å². The Kier molecular flexibility index (Phi) is 4.14. The molecule has 1 aliphatic heterocycles. The smallest absolute Gasteiger partial charge is 0.136 e. The fraction of sp³-hybridized carbons (Fsp3) is 0.692. The first-order valence-corrected chi connectivity index (χ1v) is 6.56. The van der Waals surface area contributed by atoms with Crippen LogP contribution in [0.2, 0.25) is 0 Å². The number of aromatic nitrogens is 2. The van der Waals surface area contributed by atoms with Crippen molar-refractivity contribution < 1.29 is 5.11 Å². The van der Waals surface area contributed by atoms with Crippen LogP contribution in [0, 0.1) is 0 Å². The van der Waals surface area contributed by atoms with E-state index in [0.29, 0.717) is 6.54 Å². The van der Waals surface area contributed by atoms with Crippen LogP contribution >= 0.6 is 0 Å². The molecule has 1 aliphatic rings. The maximum atomic E-state index is 9.49. The van der Waals surface area contributed by atoms with Crippen LogP contribution in [0.25, 0.3) is 0 Å². The van der Waals surface area contributed by atoms with Crippen LogP contribution in [0.15, 0.2) is 6.33 Å². The molecule has 1 aromatic rings. The maximum absolute atomic E-state index is 9.49. The predicted molar refractivity (Wildman–Crippen MR) is 71.6 cm³/mol. The molecule has 0 saturated carbocycles. The van der Waals surface area contributed by atoms with Gasteiger partial charge in [0, 0.05) is 38.7 Å². The summed E-state index contributed by atoms with van der Waals surface area (Å²) < 4.78 is 0. The third-order valence-electron chi connectivity index (χ3n) is 3.41. The Morgan fingerprint density at radius 2 is 2.28 bits per heavy atom. The molecule has 0 bridgehead atoms. The number of anilines is 1. The maximum Gasteiger partial charge on any atom is 0.136 e. The highest BCUT2D eigenvalue weighted by molar-refractivity contribution is 5.48. The van der Waals surface area contributed by atoms with Crippen molar-refractivity contribution in [1.82, 2.24) is 14.9 Å². The first kappa shape index (κ1) is 13.2. The minimum Gasteiger partial charge on any atom is -0.392 e. The van der Waals surface area contributed by atoms with E-state index < -0.39 is 0 Å². The largest absolute Gasteiger partial charge is 0.392 e. The quantitative estimate of drug-likeness (QED) is 0.851. The Morgan fingerprint density at radius 3 is 2.94 bits per heavy atom. The van der Waals surface area contributed by atoms with Crippen LogP contribution < -0.4 is 4.90 Å². The van der Waals surface area contributed by atoms with Crippen molar-refractivity contribution in [1.29, 1.82) is 0 Å². The number of aliphatic hydroxyl groups is 1. The number of rotatable bonds is 4. The van der Waals surface area contributed by atoms with Gasteiger partial charge in [-0.2, -0.15) is 0 Å². The zero-order valence-electron chi connectivity index (χ0n) is 11.4. The molecular weight excluding hydrogens is 228 g/mol. The predicted octanol–water partition coefficient (Wildman–Crippen LogP) is 0.672. The second-order valence-electron chi connectivity index (χ2n) is 4.97. The molecule has 0 unspecified atom stereocenters. The molecule has 0 saturated heterocycles. The van der Waals surface area contributed by atoms with Gasteiger partial charge in [-0.15, -0.1) is 0 Å². The van der Waals surface area contributed by atoms with Gasteiger partial charge < -0.3 is 10.0 Å². The van der Waals surface area contributed by atoms with Gasteiger partial charge in [0.2, 0.25) is 0 Å². The summed E-state index contributed by atoms with van der Waals surface area (Å²) in [6.07, 6.45) is 2.27. The van der Waals surface area contributed by atoms with Crippen LogP contribution in [0.1, 0.15) is 25.1 Å². The summed E-state index contributed by atoms with van der Waals surface area (Å²) in [7, 11) is 1.97. The second-order valence-corrected chi connectivity index (χ2v) is 4.97. The Hall–Kier alpha value is -1.20. The number of likely N-dealkylation sites (N-methyl/N-ethyl adjacent to an activating group) is 2. The van der Waals surface area contributed by atoms with E-state index in [1.54, 1.807) is 13.3 Å². The van der Waals surface area contributed by atoms with E-state index in [9.17, 15) is 5.11 Å². The van der Waals surface area contributed by atoms with Gasteiger partial charge >= 0.3 is 0 Å². The van der Waals surface area contributed by atoms with E-state index in [-0.39, 0.29) is 6.10 Å². The SMILES string of the molecule is CCN1CCc2ncnc(N(C)C[C@@H](C)O)c2C1. The molecule has 5 nitrogen and oxygen atoms in total. The number of nitrogens with zero attached hydrogens (tertiary/aromatic N) is 4. The lowest BCUT2D eigenvalue weighted by molar-refractivity contribution is 0.201. The molecule has 1 N–H and O–H groups in total. The molecule has 18 heavy (non-hydrogen) atoms. The lowest BCUT2D eigenvalue weighted by Gasteiger charge is -2.30. The number of hydrogen-bond acceptors (Lipinski definition) is 5. The highest BCUT2D eigenvalue weighted by Gasteiger charge is 2.21. The van der Waals surface area contributed by atoms with E-state index in [1.165, 1.54) is 5.56 Å². The van der Waals surface area contributed by atoms with Crippen LogP contribution in [-0.4, -0.2) is 52.8 Å². The van der Waals surface area contributed by atoms with Crippen molar-refractivity contribution in [3.8, 4) is 0 Å². The molecule has 2 heterocycles. The lowest BCUT2D eigenvalue weighted by Crippen LogP contribution is -2.34. The van der Waals surface area contributed by atoms with Gasteiger partial charge in [-0.05, 0) is 13.5 Å². The average molecular weight is 250 g/mol. The molecule has 0 spiro atoms. The Labute approximate surface area is 108 Å². The van der Waals surface area contributed by atoms with Crippen LogP contribution in [-0.2, 0) is 13.0 Å². The third kappa shape index (κ3) is 2.79. The first-order valence-electron chi connectivity index (χ1n) is 6.56. The van der Waals surface area contributed by atoms with Crippen molar-refractivity contribution in [3.63, 3.8) is 0 Å². The minimum absolute atomic E-state index is 0.355. The highest BCUT2D eigenvalue weighted by atomic mass is 16.3. The topological polar surface area (TPSA) is 52.5 Å². The molecule has 5 heteroatoms. The van der Waals surface area contributed by atoms with E-state index in [1.807, 2.05) is 11.9 Å². The summed E-state index contributed by atoms with van der Waals surface area (Å²) in [4.78, 5) is 13.2. The van der Waals surface area contributed by atoms with Gasteiger partial charge in [-0.3, -0.25) is 4.90 Å². The van der Waals surface area contributed by atoms with E-state index in [4.69, 9.17) is 0 Å². The van der Waals surface area contributed by atoms with E-state index in [2.05, 4.69) is 21.8 Å². The van der Waals surface area contributed by atoms with Crippen molar-refractivity contribution >= 4 is 5.82 Å². The summed E-state index contributed by atoms with van der Waals surface area (Å²) in [5.74, 6) is 0.957. The normalized spacial score (nSPS) is 17.3. The molecule has 0 radical (unpaired) electrons. The average Bonchev–Trinajstić information content (AvgIpc) is 2.36.